The van der Waals surface area contributed by atoms with E-state index in [9.17, 15) is 9.90 Å². The lowest BCUT2D eigenvalue weighted by atomic mass is 10.2. The summed E-state index contributed by atoms with van der Waals surface area (Å²) >= 11 is 1.31. The van der Waals surface area contributed by atoms with E-state index in [1.165, 1.54) is 22.3 Å². The van der Waals surface area contributed by atoms with Crippen LogP contribution in [0.25, 0.3) is 0 Å². The number of anilines is 2. The number of nitrogen functional groups attached to an aromatic ring is 1. The molecule has 94 valence electrons. The van der Waals surface area contributed by atoms with E-state index < -0.39 is 0 Å². The Morgan fingerprint density at radius 3 is 2.94 bits per heavy atom. The van der Waals surface area contributed by atoms with Crippen molar-refractivity contribution in [3.8, 4) is 5.75 Å². The van der Waals surface area contributed by atoms with Crippen LogP contribution < -0.4 is 10.6 Å². The molecule has 1 aromatic heterocycles. The summed E-state index contributed by atoms with van der Waals surface area (Å²) in [6.45, 7) is 0. The molecule has 1 amide bonds. The molecule has 0 saturated heterocycles. The van der Waals surface area contributed by atoms with Gasteiger partial charge in [-0.25, -0.2) is 4.98 Å². The highest BCUT2D eigenvalue weighted by atomic mass is 32.1. The molecule has 0 unspecified atom stereocenters. The van der Waals surface area contributed by atoms with E-state index in [4.69, 9.17) is 5.73 Å². The monoisotopic (exact) mass is 263 g/mol. The highest BCUT2D eigenvalue weighted by Gasteiger charge is 2.13. The standard InChI is InChI=1S/C12H13N3O2S/c1-15(9-3-2-4-10(16)6-9)11(17)5-8-7-18-12(13)14-8/h2-4,6-7,16H,5H2,1H3,(H2,13,14). The van der Waals surface area contributed by atoms with Crippen molar-refractivity contribution in [2.45, 2.75) is 6.42 Å². The van der Waals surface area contributed by atoms with Crippen LogP contribution in [0.4, 0.5) is 10.8 Å². The Labute approximate surface area is 108 Å². The zero-order valence-electron chi connectivity index (χ0n) is 9.83. The maximum atomic E-state index is 12.0. The Bertz CT molecular complexity index is 568. The molecule has 1 heterocycles. The van der Waals surface area contributed by atoms with Crippen molar-refractivity contribution >= 4 is 28.1 Å². The van der Waals surface area contributed by atoms with Crippen molar-refractivity contribution in [2.24, 2.45) is 0 Å². The summed E-state index contributed by atoms with van der Waals surface area (Å²) in [5, 5.41) is 11.6. The number of amides is 1. The predicted octanol–water partition coefficient (Wildman–Crippen LogP) is 1.64. The molecular formula is C12H13N3O2S. The molecule has 2 aromatic rings. The molecule has 1 aromatic carbocycles. The number of hydrogen-bond donors (Lipinski definition) is 2. The summed E-state index contributed by atoms with van der Waals surface area (Å²) in [5.41, 5.74) is 6.81. The molecule has 0 aliphatic heterocycles. The van der Waals surface area contributed by atoms with Crippen LogP contribution in [0, 0.1) is 0 Å². The Kier molecular flexibility index (Phi) is 3.47. The number of phenols is 1. The number of nitrogens with zero attached hydrogens (tertiary/aromatic N) is 2. The van der Waals surface area contributed by atoms with Gasteiger partial charge in [0, 0.05) is 24.2 Å². The SMILES string of the molecule is CN(C(=O)Cc1csc(N)n1)c1cccc(O)c1. The molecule has 5 nitrogen and oxygen atoms in total. The van der Waals surface area contributed by atoms with Crippen LogP contribution >= 0.6 is 11.3 Å². The number of rotatable bonds is 3. The number of likely N-dealkylation sites (N-methyl/N-ethyl adjacent to an activating group) is 1. The second kappa shape index (κ2) is 5.05. The van der Waals surface area contributed by atoms with Crippen LogP contribution in [-0.4, -0.2) is 23.0 Å². The van der Waals surface area contributed by atoms with Crippen molar-refractivity contribution in [1.82, 2.24) is 4.98 Å². The highest BCUT2D eigenvalue weighted by molar-refractivity contribution is 7.13. The lowest BCUT2D eigenvalue weighted by Gasteiger charge is -2.16. The number of hydrogen-bond acceptors (Lipinski definition) is 5. The van der Waals surface area contributed by atoms with Gasteiger partial charge >= 0.3 is 0 Å². The van der Waals surface area contributed by atoms with Crippen LogP contribution in [0.5, 0.6) is 5.75 Å². The third-order valence-corrected chi connectivity index (χ3v) is 3.22. The van der Waals surface area contributed by atoms with Gasteiger partial charge in [0.25, 0.3) is 0 Å². The molecule has 0 atom stereocenters. The van der Waals surface area contributed by atoms with E-state index in [0.717, 1.165) is 0 Å². The third kappa shape index (κ3) is 2.78. The van der Waals surface area contributed by atoms with Gasteiger partial charge in [-0.1, -0.05) is 6.07 Å². The lowest BCUT2D eigenvalue weighted by molar-refractivity contribution is -0.117. The van der Waals surface area contributed by atoms with Gasteiger partial charge in [-0.3, -0.25) is 4.79 Å². The Balaban J connectivity index is 2.09. The van der Waals surface area contributed by atoms with Gasteiger partial charge in [0.15, 0.2) is 5.13 Å². The van der Waals surface area contributed by atoms with Gasteiger partial charge in [0.2, 0.25) is 5.91 Å². The number of thiazole rings is 1. The molecule has 0 fully saturated rings. The zero-order valence-corrected chi connectivity index (χ0v) is 10.6. The number of benzene rings is 1. The first-order chi connectivity index (χ1) is 8.56. The number of carbonyl (C=O) groups excluding carboxylic acids is 1. The maximum absolute atomic E-state index is 12.0. The number of phenolic OH excluding ortho intramolecular Hbond substituents is 1. The summed E-state index contributed by atoms with van der Waals surface area (Å²) in [7, 11) is 1.66. The van der Waals surface area contributed by atoms with Gasteiger partial charge in [0.1, 0.15) is 5.75 Å². The molecule has 0 radical (unpaired) electrons. The molecule has 3 N–H and O–H groups in total. The van der Waals surface area contributed by atoms with Crippen molar-refractivity contribution in [3.63, 3.8) is 0 Å². The smallest absolute Gasteiger partial charge is 0.232 e. The highest BCUT2D eigenvalue weighted by Crippen LogP contribution is 2.20. The van der Waals surface area contributed by atoms with E-state index in [2.05, 4.69) is 4.98 Å². The van der Waals surface area contributed by atoms with E-state index in [-0.39, 0.29) is 18.1 Å². The molecule has 0 spiro atoms. The number of aromatic hydroxyl groups is 1. The van der Waals surface area contributed by atoms with Crippen LogP contribution in [0.15, 0.2) is 29.6 Å². The van der Waals surface area contributed by atoms with E-state index in [0.29, 0.717) is 16.5 Å². The van der Waals surface area contributed by atoms with E-state index in [1.807, 2.05) is 0 Å². The molecular weight excluding hydrogens is 250 g/mol. The van der Waals surface area contributed by atoms with Gasteiger partial charge in [0.05, 0.1) is 12.1 Å². The largest absolute Gasteiger partial charge is 0.508 e. The minimum Gasteiger partial charge on any atom is -0.508 e. The fourth-order valence-corrected chi connectivity index (χ4v) is 2.09. The third-order valence-electron chi connectivity index (χ3n) is 2.49. The van der Waals surface area contributed by atoms with E-state index >= 15 is 0 Å². The van der Waals surface area contributed by atoms with Crippen LogP contribution in [-0.2, 0) is 11.2 Å². The molecule has 6 heteroatoms. The summed E-state index contributed by atoms with van der Waals surface area (Å²) in [4.78, 5) is 17.5. The normalized spacial score (nSPS) is 10.3. The van der Waals surface area contributed by atoms with Crippen molar-refractivity contribution < 1.29 is 9.90 Å². The van der Waals surface area contributed by atoms with Gasteiger partial charge in [-0.15, -0.1) is 11.3 Å². The average Bonchev–Trinajstić information content (AvgIpc) is 2.73. The molecule has 0 bridgehead atoms. The van der Waals surface area contributed by atoms with Crippen molar-refractivity contribution in [3.05, 3.63) is 35.3 Å². The number of carbonyl (C=O) groups is 1. The zero-order chi connectivity index (χ0) is 13.1. The average molecular weight is 263 g/mol. The van der Waals surface area contributed by atoms with Crippen LogP contribution in [0.2, 0.25) is 0 Å². The molecule has 2 rings (SSSR count). The minimum absolute atomic E-state index is 0.106. The second-order valence-corrected chi connectivity index (χ2v) is 4.72. The first-order valence-electron chi connectivity index (χ1n) is 5.32. The molecule has 0 saturated carbocycles. The van der Waals surface area contributed by atoms with Crippen LogP contribution in [0.3, 0.4) is 0 Å². The summed E-state index contributed by atoms with van der Waals surface area (Å²) in [6, 6.07) is 6.54. The Hall–Kier alpha value is -2.08. The van der Waals surface area contributed by atoms with Crippen LogP contribution in [0.1, 0.15) is 5.69 Å². The lowest BCUT2D eigenvalue weighted by Crippen LogP contribution is -2.27. The van der Waals surface area contributed by atoms with Crippen molar-refractivity contribution in [2.75, 3.05) is 17.7 Å². The first kappa shape index (κ1) is 12.4. The molecule has 18 heavy (non-hydrogen) atoms. The first-order valence-corrected chi connectivity index (χ1v) is 6.19. The molecule has 0 aliphatic rings. The van der Waals surface area contributed by atoms with E-state index in [1.54, 1.807) is 30.6 Å². The quantitative estimate of drug-likeness (QED) is 0.882. The number of aromatic nitrogens is 1. The minimum atomic E-state index is -0.106. The fraction of sp³-hybridized carbons (Fsp3) is 0.167. The van der Waals surface area contributed by atoms with Gasteiger partial charge in [-0.2, -0.15) is 0 Å². The van der Waals surface area contributed by atoms with Gasteiger partial charge < -0.3 is 15.7 Å². The Morgan fingerprint density at radius 2 is 2.33 bits per heavy atom. The molecule has 0 aliphatic carbocycles. The predicted molar refractivity (Wildman–Crippen MR) is 71.7 cm³/mol. The van der Waals surface area contributed by atoms with Crippen molar-refractivity contribution in [1.29, 1.82) is 0 Å². The Morgan fingerprint density at radius 1 is 1.56 bits per heavy atom. The topological polar surface area (TPSA) is 79.5 Å². The summed E-state index contributed by atoms with van der Waals surface area (Å²) in [6.07, 6.45) is 0.194. The number of nitrogens with two attached hydrogens (primary N) is 1. The summed E-state index contributed by atoms with van der Waals surface area (Å²) < 4.78 is 0. The second-order valence-electron chi connectivity index (χ2n) is 3.83. The van der Waals surface area contributed by atoms with Gasteiger partial charge in [-0.05, 0) is 12.1 Å². The maximum Gasteiger partial charge on any atom is 0.232 e. The summed E-state index contributed by atoms with van der Waals surface area (Å²) in [5.74, 6) is 0.0240. The fourth-order valence-electron chi connectivity index (χ4n) is 1.52.